The molecule has 1 amide bonds. The fraction of sp³-hybridized carbons (Fsp3) is 0.556. The average Bonchev–Trinajstić information content (AvgIpc) is 3.38. The highest BCUT2D eigenvalue weighted by Gasteiger charge is 2.46. The van der Waals surface area contributed by atoms with E-state index in [9.17, 15) is 18.0 Å². The van der Waals surface area contributed by atoms with Gasteiger partial charge in [0.05, 0.1) is 29.4 Å². The Morgan fingerprint density at radius 3 is 2.50 bits per heavy atom. The maximum Gasteiger partial charge on any atom is 0.490 e. The van der Waals surface area contributed by atoms with Crippen LogP contribution >= 0.6 is 11.3 Å². The molecule has 0 aliphatic carbocycles. The van der Waals surface area contributed by atoms with E-state index >= 15 is 0 Å². The van der Waals surface area contributed by atoms with Gasteiger partial charge >= 0.3 is 12.1 Å². The Kier molecular flexibility index (Phi) is 6.46. The molecule has 2 saturated heterocycles. The van der Waals surface area contributed by atoms with E-state index < -0.39 is 12.1 Å². The van der Waals surface area contributed by atoms with Crippen molar-refractivity contribution in [3.8, 4) is 0 Å². The first-order valence-electron chi connectivity index (χ1n) is 9.22. The first-order chi connectivity index (χ1) is 14.0. The zero-order valence-corrected chi connectivity index (χ0v) is 17.3. The van der Waals surface area contributed by atoms with Gasteiger partial charge in [-0.1, -0.05) is 0 Å². The number of aryl methyl sites for hydroxylation is 2. The normalized spacial score (nSPS) is 21.5. The van der Waals surface area contributed by atoms with Crippen molar-refractivity contribution in [3.05, 3.63) is 34.0 Å². The molecule has 0 spiro atoms. The zero-order chi connectivity index (χ0) is 22.1. The number of aromatic nitrogens is 3. The van der Waals surface area contributed by atoms with Crippen LogP contribution in [0.25, 0.3) is 0 Å². The van der Waals surface area contributed by atoms with E-state index in [1.54, 1.807) is 11.3 Å². The molecule has 8 nitrogen and oxygen atoms in total. The molecule has 2 aromatic rings. The number of thiazole rings is 1. The minimum atomic E-state index is -5.08. The molecule has 0 saturated carbocycles. The molecule has 0 unspecified atom stereocenters. The summed E-state index contributed by atoms with van der Waals surface area (Å²) < 4.78 is 33.6. The van der Waals surface area contributed by atoms with Crippen LogP contribution in [0.5, 0.6) is 0 Å². The Hall–Kier alpha value is -2.47. The van der Waals surface area contributed by atoms with Gasteiger partial charge in [-0.3, -0.25) is 14.4 Å². The number of carboxylic acid groups (broad SMARTS) is 1. The largest absolute Gasteiger partial charge is 0.490 e. The number of likely N-dealkylation sites (tertiary alicyclic amines) is 2. The van der Waals surface area contributed by atoms with Crippen LogP contribution in [0.3, 0.4) is 0 Å². The lowest BCUT2D eigenvalue weighted by molar-refractivity contribution is -0.192. The topological polar surface area (TPSA) is 91.6 Å². The summed E-state index contributed by atoms with van der Waals surface area (Å²) >= 11 is 1.65. The Bertz CT molecular complexity index is 913. The summed E-state index contributed by atoms with van der Waals surface area (Å²) in [5.74, 6) is -1.84. The Morgan fingerprint density at radius 1 is 1.30 bits per heavy atom. The molecule has 1 N–H and O–H groups in total. The first kappa shape index (κ1) is 22.2. The predicted octanol–water partition coefficient (Wildman–Crippen LogP) is 1.91. The number of hydrogen-bond donors (Lipinski definition) is 1. The molecule has 0 radical (unpaired) electrons. The summed E-state index contributed by atoms with van der Waals surface area (Å²) in [6.07, 6.45) is -1.13. The molecule has 2 aromatic heterocycles. The zero-order valence-electron chi connectivity index (χ0n) is 16.5. The van der Waals surface area contributed by atoms with Crippen LogP contribution in [0.4, 0.5) is 13.2 Å². The molecular formula is C18H22F3N5O3S. The van der Waals surface area contributed by atoms with E-state index in [0.29, 0.717) is 18.4 Å². The highest BCUT2D eigenvalue weighted by molar-refractivity contribution is 7.09. The molecule has 30 heavy (non-hydrogen) atoms. The van der Waals surface area contributed by atoms with Crippen molar-refractivity contribution in [3.63, 3.8) is 0 Å². The number of hydrogen-bond acceptors (Lipinski definition) is 6. The first-order valence-corrected chi connectivity index (χ1v) is 10.1. The summed E-state index contributed by atoms with van der Waals surface area (Å²) in [6.45, 7) is 6.29. The van der Waals surface area contributed by atoms with Crippen LogP contribution in [0, 0.1) is 18.8 Å². The predicted molar refractivity (Wildman–Crippen MR) is 101 cm³/mol. The monoisotopic (exact) mass is 445 g/mol. The molecule has 4 rings (SSSR count). The van der Waals surface area contributed by atoms with Crippen molar-refractivity contribution in [2.75, 3.05) is 19.6 Å². The van der Waals surface area contributed by atoms with Crippen LogP contribution in [-0.4, -0.2) is 67.4 Å². The second-order valence-corrected chi connectivity index (χ2v) is 8.52. The van der Waals surface area contributed by atoms with E-state index in [0.717, 1.165) is 36.9 Å². The third-order valence-corrected chi connectivity index (χ3v) is 5.85. The lowest BCUT2D eigenvalue weighted by Gasteiger charge is -2.20. The van der Waals surface area contributed by atoms with Crippen LogP contribution in [0.2, 0.25) is 0 Å². The maximum absolute atomic E-state index is 12.7. The number of carboxylic acids is 1. The smallest absolute Gasteiger partial charge is 0.475 e. The SMILES string of the molecule is Cc1nc(CN2C[C@@H]3CN(Cc4cnn(C)c4)C[C@@H]3C2=O)cs1.O=C(O)C(F)(F)F. The van der Waals surface area contributed by atoms with Gasteiger partial charge in [0.15, 0.2) is 0 Å². The third-order valence-electron chi connectivity index (χ3n) is 5.03. The summed E-state index contributed by atoms with van der Waals surface area (Å²) in [6, 6.07) is 0. The van der Waals surface area contributed by atoms with Crippen LogP contribution in [0.15, 0.2) is 17.8 Å². The summed E-state index contributed by atoms with van der Waals surface area (Å²) in [5, 5.41) is 14.5. The van der Waals surface area contributed by atoms with Gasteiger partial charge in [-0.15, -0.1) is 11.3 Å². The molecule has 0 aromatic carbocycles. The summed E-state index contributed by atoms with van der Waals surface area (Å²) in [4.78, 5) is 30.4. The number of carbonyl (C=O) groups excluding carboxylic acids is 1. The van der Waals surface area contributed by atoms with E-state index in [1.807, 2.05) is 35.9 Å². The number of nitrogens with zero attached hydrogens (tertiary/aromatic N) is 5. The standard InChI is InChI=1S/C16H21N5OS.C2HF3O2/c1-11-18-14(10-23-11)8-21-7-13-6-20(9-15(13)16(21)22)5-12-3-17-19(2)4-12;3-2(4,5)1(6)7/h3-4,10,13,15H,5-9H2,1-2H3;(H,6,7)/t13-,15-;/m0./s1. The van der Waals surface area contributed by atoms with Crippen molar-refractivity contribution in [1.29, 1.82) is 0 Å². The van der Waals surface area contributed by atoms with E-state index in [4.69, 9.17) is 9.90 Å². The fourth-order valence-corrected chi connectivity index (χ4v) is 4.40. The molecule has 4 heterocycles. The minimum absolute atomic E-state index is 0.159. The van der Waals surface area contributed by atoms with E-state index in [1.165, 1.54) is 5.56 Å². The van der Waals surface area contributed by atoms with Gasteiger partial charge < -0.3 is 10.0 Å². The number of rotatable bonds is 4. The van der Waals surface area contributed by atoms with Crippen LogP contribution in [0.1, 0.15) is 16.3 Å². The molecule has 2 atom stereocenters. The molecule has 2 aliphatic heterocycles. The lowest BCUT2D eigenvalue weighted by Crippen LogP contribution is -2.32. The van der Waals surface area contributed by atoms with Crippen molar-refractivity contribution < 1.29 is 27.9 Å². The number of carbonyl (C=O) groups is 2. The summed E-state index contributed by atoms with van der Waals surface area (Å²) in [5.41, 5.74) is 2.24. The van der Waals surface area contributed by atoms with Crippen LogP contribution in [-0.2, 0) is 29.7 Å². The van der Waals surface area contributed by atoms with Crippen molar-refractivity contribution in [1.82, 2.24) is 24.6 Å². The van der Waals surface area contributed by atoms with Gasteiger partial charge in [-0.25, -0.2) is 9.78 Å². The Balaban J connectivity index is 0.000000318. The van der Waals surface area contributed by atoms with Gasteiger partial charge in [0, 0.05) is 56.3 Å². The number of halogens is 3. The molecular weight excluding hydrogens is 423 g/mol. The van der Waals surface area contributed by atoms with Gasteiger partial charge in [-0.05, 0) is 6.92 Å². The highest BCUT2D eigenvalue weighted by atomic mass is 32.1. The van der Waals surface area contributed by atoms with Gasteiger partial charge in [-0.2, -0.15) is 18.3 Å². The van der Waals surface area contributed by atoms with Gasteiger partial charge in [0.25, 0.3) is 0 Å². The maximum atomic E-state index is 12.7. The molecule has 2 aliphatic rings. The summed E-state index contributed by atoms with van der Waals surface area (Å²) in [7, 11) is 1.93. The van der Waals surface area contributed by atoms with E-state index in [-0.39, 0.29) is 5.92 Å². The average molecular weight is 445 g/mol. The second-order valence-electron chi connectivity index (χ2n) is 7.46. The quantitative estimate of drug-likeness (QED) is 0.773. The number of aliphatic carboxylic acids is 1. The Labute approximate surface area is 174 Å². The van der Waals surface area contributed by atoms with Crippen LogP contribution < -0.4 is 0 Å². The Morgan fingerprint density at radius 2 is 2.00 bits per heavy atom. The number of alkyl halides is 3. The second kappa shape index (κ2) is 8.72. The van der Waals surface area contributed by atoms with Crippen molar-refractivity contribution >= 4 is 23.2 Å². The number of amides is 1. The molecule has 164 valence electrons. The number of fused-ring (bicyclic) bond motifs is 1. The van der Waals surface area contributed by atoms with Crippen molar-refractivity contribution in [2.24, 2.45) is 18.9 Å². The lowest BCUT2D eigenvalue weighted by atomic mass is 10.0. The highest BCUT2D eigenvalue weighted by Crippen LogP contribution is 2.33. The van der Waals surface area contributed by atoms with Gasteiger partial charge in [0.2, 0.25) is 5.91 Å². The fourth-order valence-electron chi connectivity index (χ4n) is 3.79. The molecule has 2 fully saturated rings. The third kappa shape index (κ3) is 5.36. The van der Waals surface area contributed by atoms with E-state index in [2.05, 4.69) is 20.4 Å². The minimum Gasteiger partial charge on any atom is -0.475 e. The van der Waals surface area contributed by atoms with Crippen molar-refractivity contribution in [2.45, 2.75) is 26.2 Å². The van der Waals surface area contributed by atoms with Gasteiger partial charge in [0.1, 0.15) is 0 Å². The molecule has 0 bridgehead atoms. The molecule has 12 heteroatoms.